The second-order valence-corrected chi connectivity index (χ2v) is 8.71. The van der Waals surface area contributed by atoms with Crippen molar-refractivity contribution in [1.82, 2.24) is 4.98 Å². The number of amides is 1. The van der Waals surface area contributed by atoms with Crippen LogP contribution in [-0.4, -0.2) is 18.0 Å². The van der Waals surface area contributed by atoms with Gasteiger partial charge in [-0.15, -0.1) is 6.42 Å². The van der Waals surface area contributed by atoms with Gasteiger partial charge in [0.25, 0.3) is 13.3 Å². The summed E-state index contributed by atoms with van der Waals surface area (Å²) in [6.07, 6.45) is 5.50. The maximum absolute atomic E-state index is 14.0. The van der Waals surface area contributed by atoms with Crippen LogP contribution in [0.25, 0.3) is 10.9 Å². The zero-order valence-electron chi connectivity index (χ0n) is 14.2. The van der Waals surface area contributed by atoms with Gasteiger partial charge in [0.15, 0.2) is 0 Å². The SMILES string of the molecule is C#Cc1cc(C)cc(P(=O)(OC)c2c(C(N)=O)[nH]c3ccc(Cl)cc23)c1. The van der Waals surface area contributed by atoms with Crippen LogP contribution in [0.5, 0.6) is 0 Å². The van der Waals surface area contributed by atoms with Crippen molar-refractivity contribution in [2.24, 2.45) is 5.73 Å². The number of hydrogen-bond acceptors (Lipinski definition) is 3. The van der Waals surface area contributed by atoms with Crippen LogP contribution in [0.4, 0.5) is 0 Å². The standard InChI is InChI=1S/C19H16ClN2O3P/c1-4-12-7-11(2)8-14(9-12)26(24,25-3)18-15-10-13(20)5-6-16(15)22-17(18)19(21)23/h1,5-10,22H,2-3H3,(H2,21,23). The second kappa shape index (κ2) is 6.66. The number of halogens is 1. The van der Waals surface area contributed by atoms with E-state index < -0.39 is 13.3 Å². The summed E-state index contributed by atoms with van der Waals surface area (Å²) in [6, 6.07) is 10.1. The lowest BCUT2D eigenvalue weighted by atomic mass is 10.1. The van der Waals surface area contributed by atoms with Crippen LogP contribution in [0.15, 0.2) is 36.4 Å². The number of carbonyl (C=O) groups is 1. The van der Waals surface area contributed by atoms with Crippen molar-refractivity contribution in [3.05, 3.63) is 58.2 Å². The fourth-order valence-electron chi connectivity index (χ4n) is 2.98. The monoisotopic (exact) mass is 386 g/mol. The molecule has 0 aliphatic rings. The Morgan fingerprint density at radius 1 is 1.31 bits per heavy atom. The highest BCUT2D eigenvalue weighted by Crippen LogP contribution is 2.47. The molecule has 5 nitrogen and oxygen atoms in total. The number of rotatable bonds is 4. The third-order valence-corrected chi connectivity index (χ3v) is 6.84. The van der Waals surface area contributed by atoms with Gasteiger partial charge in [0.1, 0.15) is 5.69 Å². The van der Waals surface area contributed by atoms with Gasteiger partial charge in [0.2, 0.25) is 0 Å². The predicted octanol–water partition coefficient (Wildman–Crippen LogP) is 3.09. The van der Waals surface area contributed by atoms with E-state index in [4.69, 9.17) is 28.3 Å². The van der Waals surface area contributed by atoms with Gasteiger partial charge >= 0.3 is 0 Å². The zero-order valence-corrected chi connectivity index (χ0v) is 15.8. The van der Waals surface area contributed by atoms with Crippen molar-refractivity contribution in [2.75, 3.05) is 7.11 Å². The normalized spacial score (nSPS) is 13.3. The van der Waals surface area contributed by atoms with Crippen LogP contribution < -0.4 is 16.3 Å². The number of carbonyl (C=O) groups excluding carboxylic acids is 1. The zero-order chi connectivity index (χ0) is 19.1. The molecular weight excluding hydrogens is 371 g/mol. The third kappa shape index (κ3) is 2.93. The molecule has 7 heteroatoms. The van der Waals surface area contributed by atoms with E-state index in [9.17, 15) is 9.36 Å². The van der Waals surface area contributed by atoms with E-state index in [1.807, 2.05) is 6.92 Å². The molecule has 1 heterocycles. The number of hydrogen-bond donors (Lipinski definition) is 2. The van der Waals surface area contributed by atoms with E-state index >= 15 is 0 Å². The lowest BCUT2D eigenvalue weighted by Crippen LogP contribution is -2.26. The second-order valence-electron chi connectivity index (χ2n) is 5.84. The molecule has 0 aliphatic carbocycles. The molecule has 0 saturated heterocycles. The summed E-state index contributed by atoms with van der Waals surface area (Å²) in [5.41, 5.74) is 7.52. The maximum atomic E-state index is 14.0. The minimum Gasteiger partial charge on any atom is -0.364 e. The molecule has 0 saturated carbocycles. The highest BCUT2D eigenvalue weighted by Gasteiger charge is 2.35. The van der Waals surface area contributed by atoms with Gasteiger partial charge in [-0.1, -0.05) is 17.5 Å². The molecule has 0 spiro atoms. The largest absolute Gasteiger partial charge is 0.364 e. The molecule has 1 unspecified atom stereocenters. The molecule has 132 valence electrons. The first-order valence-corrected chi connectivity index (χ1v) is 9.66. The number of H-pyrrole nitrogens is 1. The summed E-state index contributed by atoms with van der Waals surface area (Å²) in [7, 11) is -2.34. The number of nitrogens with two attached hydrogens (primary N) is 1. The Labute approximate surface area is 155 Å². The molecule has 1 aromatic heterocycles. The molecule has 0 fully saturated rings. The Hall–Kier alpha value is -2.51. The summed E-state index contributed by atoms with van der Waals surface area (Å²) < 4.78 is 19.4. The van der Waals surface area contributed by atoms with Gasteiger partial charge in [0.05, 0.1) is 5.30 Å². The Balaban J connectivity index is 2.42. The van der Waals surface area contributed by atoms with Crippen molar-refractivity contribution in [3.8, 4) is 12.3 Å². The summed E-state index contributed by atoms with van der Waals surface area (Å²) in [5.74, 6) is 1.79. The van der Waals surface area contributed by atoms with E-state index in [1.165, 1.54) is 7.11 Å². The molecule has 0 bridgehead atoms. The first kappa shape index (κ1) is 18.3. The number of aromatic nitrogens is 1. The van der Waals surface area contributed by atoms with Crippen molar-refractivity contribution < 1.29 is 13.9 Å². The molecule has 26 heavy (non-hydrogen) atoms. The first-order valence-electron chi connectivity index (χ1n) is 7.66. The van der Waals surface area contributed by atoms with E-state index in [2.05, 4.69) is 10.9 Å². The van der Waals surface area contributed by atoms with Crippen LogP contribution in [0.3, 0.4) is 0 Å². The molecule has 0 radical (unpaired) electrons. The summed E-state index contributed by atoms with van der Waals surface area (Å²) in [5, 5.41) is 1.53. The molecule has 1 amide bonds. The molecule has 3 rings (SSSR count). The average Bonchev–Trinajstić information content (AvgIpc) is 2.99. The van der Waals surface area contributed by atoms with Crippen LogP contribution in [0.2, 0.25) is 5.02 Å². The van der Waals surface area contributed by atoms with E-state index in [0.29, 0.717) is 26.8 Å². The highest BCUT2D eigenvalue weighted by atomic mass is 35.5. The quantitative estimate of drug-likeness (QED) is 0.533. The van der Waals surface area contributed by atoms with Crippen LogP contribution in [-0.2, 0) is 9.09 Å². The smallest absolute Gasteiger partial charge is 0.266 e. The number of terminal acetylenes is 1. The van der Waals surface area contributed by atoms with E-state index in [0.717, 1.165) is 5.56 Å². The topological polar surface area (TPSA) is 85.2 Å². The van der Waals surface area contributed by atoms with Gasteiger partial charge in [-0.25, -0.2) is 0 Å². The third-order valence-electron chi connectivity index (χ3n) is 4.10. The average molecular weight is 387 g/mol. The number of aromatic amines is 1. The predicted molar refractivity (Wildman–Crippen MR) is 105 cm³/mol. The lowest BCUT2D eigenvalue weighted by molar-refractivity contribution is 0.0997. The molecular formula is C19H16ClN2O3P. The van der Waals surface area contributed by atoms with Crippen molar-refractivity contribution in [3.63, 3.8) is 0 Å². The summed E-state index contributed by atoms with van der Waals surface area (Å²) in [4.78, 5) is 14.9. The molecule has 0 aliphatic heterocycles. The van der Waals surface area contributed by atoms with Crippen molar-refractivity contribution in [1.29, 1.82) is 0 Å². The number of aryl methyl sites for hydroxylation is 1. The maximum Gasteiger partial charge on any atom is 0.266 e. The molecule has 2 aromatic carbocycles. The number of nitrogens with one attached hydrogen (secondary N) is 1. The van der Waals surface area contributed by atoms with E-state index in [1.54, 1.807) is 36.4 Å². The molecule has 3 aromatic rings. The fourth-order valence-corrected chi connectivity index (χ4v) is 5.44. The lowest BCUT2D eigenvalue weighted by Gasteiger charge is -2.18. The van der Waals surface area contributed by atoms with Gasteiger partial charge in [-0.3, -0.25) is 9.36 Å². The number of fused-ring (bicyclic) bond motifs is 1. The van der Waals surface area contributed by atoms with Crippen LogP contribution in [0, 0.1) is 19.3 Å². The van der Waals surface area contributed by atoms with Crippen LogP contribution in [0.1, 0.15) is 21.6 Å². The fraction of sp³-hybridized carbons (Fsp3) is 0.105. The number of benzene rings is 2. The highest BCUT2D eigenvalue weighted by molar-refractivity contribution is 7.75. The number of primary amides is 1. The van der Waals surface area contributed by atoms with Gasteiger partial charge in [-0.05, 0) is 48.9 Å². The Bertz CT molecular complexity index is 1130. The summed E-state index contributed by atoms with van der Waals surface area (Å²) in [6.45, 7) is 1.84. The molecule has 1 atom stereocenters. The van der Waals surface area contributed by atoms with E-state index in [-0.39, 0.29) is 11.0 Å². The minimum atomic E-state index is -3.67. The Kier molecular flexibility index (Phi) is 4.68. The summed E-state index contributed by atoms with van der Waals surface area (Å²) >= 11 is 6.10. The van der Waals surface area contributed by atoms with Crippen molar-refractivity contribution >= 4 is 46.4 Å². The van der Waals surface area contributed by atoms with Crippen molar-refractivity contribution in [2.45, 2.75) is 6.92 Å². The van der Waals surface area contributed by atoms with Gasteiger partial charge in [-0.2, -0.15) is 0 Å². The first-order chi connectivity index (χ1) is 12.3. The van der Waals surface area contributed by atoms with Gasteiger partial charge in [0, 0.05) is 33.9 Å². The molecule has 3 N–H and O–H groups in total. The Morgan fingerprint density at radius 2 is 2.04 bits per heavy atom. The van der Waals surface area contributed by atoms with Gasteiger partial charge < -0.3 is 15.2 Å². The minimum absolute atomic E-state index is 0.0243. The Morgan fingerprint density at radius 3 is 2.65 bits per heavy atom. The van der Waals surface area contributed by atoms with Crippen LogP contribution >= 0.6 is 19.0 Å².